The fraction of sp³-hybridized carbons (Fsp3) is 0.714. The molecule has 0 radical (unpaired) electrons. The minimum Gasteiger partial charge on any atom is -0.302 e. The second kappa shape index (κ2) is 1.66. The maximum Gasteiger partial charge on any atom is 0.161 e. The Kier molecular flexibility index (Phi) is 1.01. The molecule has 1 aliphatic heterocycles. The van der Waals surface area contributed by atoms with Gasteiger partial charge in [0.1, 0.15) is 5.78 Å². The summed E-state index contributed by atoms with van der Waals surface area (Å²) in [6.07, 6.45) is 1.47. The summed E-state index contributed by atoms with van der Waals surface area (Å²) >= 11 is 0. The van der Waals surface area contributed by atoms with Gasteiger partial charge in [0.25, 0.3) is 0 Å². The fourth-order valence-electron chi connectivity index (χ4n) is 1.41. The minimum atomic E-state index is -0.242. The first-order valence-corrected chi connectivity index (χ1v) is 3.53. The van der Waals surface area contributed by atoms with E-state index in [9.17, 15) is 9.59 Å². The number of hydrogen-bond acceptors (Lipinski definition) is 3. The summed E-state index contributed by atoms with van der Waals surface area (Å²) in [4.78, 5) is 21.8. The quantitative estimate of drug-likeness (QED) is 0.368. The molecule has 0 aromatic heterocycles. The molecule has 3 nitrogen and oxygen atoms in total. The zero-order chi connectivity index (χ0) is 7.19. The van der Waals surface area contributed by atoms with Crippen LogP contribution in [0.15, 0.2) is 0 Å². The lowest BCUT2D eigenvalue weighted by molar-refractivity contribution is -0.131. The molecule has 2 fully saturated rings. The number of nitrogens with one attached hydrogen (secondary N) is 1. The van der Waals surface area contributed by atoms with Crippen molar-refractivity contribution in [2.45, 2.75) is 24.8 Å². The Hall–Kier alpha value is -0.700. The minimum absolute atomic E-state index is 0.101. The highest BCUT2D eigenvalue weighted by molar-refractivity contribution is 6.07. The highest BCUT2D eigenvalue weighted by Gasteiger charge is 2.51. The third-order valence-electron chi connectivity index (χ3n) is 2.33. The molecular weight excluding hydrogens is 130 g/mol. The van der Waals surface area contributed by atoms with E-state index in [2.05, 4.69) is 5.32 Å². The Morgan fingerprint density at radius 1 is 1.40 bits per heavy atom. The smallest absolute Gasteiger partial charge is 0.161 e. The van der Waals surface area contributed by atoms with Crippen LogP contribution in [0.25, 0.3) is 0 Å². The van der Waals surface area contributed by atoms with Crippen molar-refractivity contribution in [3.05, 3.63) is 0 Å². The van der Waals surface area contributed by atoms with Gasteiger partial charge in [-0.2, -0.15) is 0 Å². The third kappa shape index (κ3) is 0.703. The van der Waals surface area contributed by atoms with E-state index < -0.39 is 0 Å². The number of ketones is 2. The van der Waals surface area contributed by atoms with E-state index in [0.29, 0.717) is 6.42 Å². The summed E-state index contributed by atoms with van der Waals surface area (Å²) in [6, 6.07) is 0. The summed E-state index contributed by atoms with van der Waals surface area (Å²) in [6.45, 7) is 0.791. The lowest BCUT2D eigenvalue weighted by atomic mass is 9.87. The number of rotatable bonds is 0. The van der Waals surface area contributed by atoms with Crippen molar-refractivity contribution in [3.8, 4) is 0 Å². The topological polar surface area (TPSA) is 56.1 Å². The maximum absolute atomic E-state index is 11.1. The van der Waals surface area contributed by atoms with Gasteiger partial charge in [0.15, 0.2) is 5.78 Å². The molecule has 1 atom stereocenters. The molecule has 0 amide bonds. The zero-order valence-electron chi connectivity index (χ0n) is 5.64. The molecule has 1 saturated heterocycles. The summed E-state index contributed by atoms with van der Waals surface area (Å²) in [5.41, 5.74) is -0.242. The van der Waals surface area contributed by atoms with Crippen molar-refractivity contribution >= 4 is 11.6 Å². The number of carbonyl (C=O) groups excluding carboxylic acids is 2. The Morgan fingerprint density at radius 2 is 2.10 bits per heavy atom. The Labute approximate surface area is 58.8 Å². The molecule has 0 aromatic carbocycles. The van der Waals surface area contributed by atoms with Gasteiger partial charge in [0.2, 0.25) is 0 Å². The molecule has 1 unspecified atom stereocenters. The molecule has 1 aliphatic carbocycles. The molecule has 2 aliphatic rings. The summed E-state index contributed by atoms with van der Waals surface area (Å²) in [7, 11) is 0. The van der Waals surface area contributed by atoms with Crippen molar-refractivity contribution in [1.82, 2.24) is 5.32 Å². The van der Waals surface area contributed by atoms with Crippen LogP contribution in [-0.2, 0) is 9.59 Å². The van der Waals surface area contributed by atoms with Crippen LogP contribution in [0.5, 0.6) is 0 Å². The van der Waals surface area contributed by atoms with E-state index in [-0.39, 0.29) is 23.5 Å². The molecular formula is C7H9NO2. The van der Waals surface area contributed by atoms with Gasteiger partial charge in [-0.25, -0.2) is 0 Å². The summed E-state index contributed by atoms with van der Waals surface area (Å²) in [5.74, 6) is 0.202. The number of Topliss-reactive ketones (excluding diaryl/α,β-unsaturated/α-hetero) is 2. The van der Waals surface area contributed by atoms with Gasteiger partial charge in [0, 0.05) is 13.0 Å². The molecule has 0 bridgehead atoms. The van der Waals surface area contributed by atoms with Crippen molar-refractivity contribution in [2.24, 2.45) is 0 Å². The van der Waals surface area contributed by atoms with Crippen LogP contribution in [0, 0.1) is 0 Å². The fourth-order valence-corrected chi connectivity index (χ4v) is 1.41. The van der Waals surface area contributed by atoms with Crippen LogP contribution < -0.4 is 5.32 Å². The predicted octanol–water partition coefficient (Wildman–Crippen LogP) is -0.349. The number of carbonyl (C=O) groups is 2. The molecule has 1 heterocycles. The van der Waals surface area contributed by atoms with Gasteiger partial charge in [-0.15, -0.1) is 0 Å². The van der Waals surface area contributed by atoms with Gasteiger partial charge in [0.05, 0.1) is 12.0 Å². The van der Waals surface area contributed by atoms with Crippen LogP contribution in [0.3, 0.4) is 0 Å². The second-order valence-electron chi connectivity index (χ2n) is 3.07. The first-order chi connectivity index (χ1) is 4.73. The van der Waals surface area contributed by atoms with Crippen LogP contribution in [0.4, 0.5) is 0 Å². The number of hydrogen-bond donors (Lipinski definition) is 1. The average molecular weight is 139 g/mol. The van der Waals surface area contributed by atoms with E-state index in [1.807, 2.05) is 0 Å². The van der Waals surface area contributed by atoms with E-state index in [1.165, 1.54) is 0 Å². The molecule has 0 aromatic rings. The van der Waals surface area contributed by atoms with Gasteiger partial charge in [-0.1, -0.05) is 0 Å². The average Bonchev–Trinajstić information content (AvgIpc) is 2.62. The first kappa shape index (κ1) is 6.04. The molecule has 54 valence electrons. The molecule has 10 heavy (non-hydrogen) atoms. The Bertz CT molecular complexity index is 206. The molecule has 1 spiro atoms. The lowest BCUT2D eigenvalue weighted by Gasteiger charge is -2.16. The predicted molar refractivity (Wildman–Crippen MR) is 34.6 cm³/mol. The van der Waals surface area contributed by atoms with Crippen LogP contribution in [0.1, 0.15) is 19.3 Å². The standard InChI is InChI=1S/C7H9NO2/c9-5-1-2-7(4-8-7)6(10)3-5/h8H,1-4H2. The largest absolute Gasteiger partial charge is 0.302 e. The molecule has 1 saturated carbocycles. The normalized spacial score (nSPS) is 38.8. The summed E-state index contributed by atoms with van der Waals surface area (Å²) < 4.78 is 0. The van der Waals surface area contributed by atoms with Crippen LogP contribution in [-0.4, -0.2) is 23.7 Å². The van der Waals surface area contributed by atoms with E-state index in [4.69, 9.17) is 0 Å². The zero-order valence-corrected chi connectivity index (χ0v) is 5.64. The highest BCUT2D eigenvalue weighted by Crippen LogP contribution is 2.30. The monoisotopic (exact) mass is 139 g/mol. The van der Waals surface area contributed by atoms with Crippen molar-refractivity contribution in [2.75, 3.05) is 6.54 Å². The SMILES string of the molecule is O=C1CCC2(CN2)C(=O)C1. The van der Waals surface area contributed by atoms with Crippen LogP contribution >= 0.6 is 0 Å². The van der Waals surface area contributed by atoms with Gasteiger partial charge in [-0.3, -0.25) is 9.59 Å². The molecule has 3 heteroatoms. The Morgan fingerprint density at radius 3 is 2.60 bits per heavy atom. The van der Waals surface area contributed by atoms with Gasteiger partial charge in [-0.05, 0) is 6.42 Å². The van der Waals surface area contributed by atoms with E-state index in [0.717, 1.165) is 13.0 Å². The third-order valence-corrected chi connectivity index (χ3v) is 2.33. The van der Waals surface area contributed by atoms with Gasteiger partial charge >= 0.3 is 0 Å². The molecule has 1 N–H and O–H groups in total. The molecule has 2 rings (SSSR count). The van der Waals surface area contributed by atoms with Crippen molar-refractivity contribution in [1.29, 1.82) is 0 Å². The van der Waals surface area contributed by atoms with E-state index in [1.54, 1.807) is 0 Å². The Balaban J connectivity index is 2.15. The first-order valence-electron chi connectivity index (χ1n) is 3.53. The van der Waals surface area contributed by atoms with Gasteiger partial charge < -0.3 is 5.32 Å². The van der Waals surface area contributed by atoms with E-state index >= 15 is 0 Å². The highest BCUT2D eigenvalue weighted by atomic mass is 16.2. The van der Waals surface area contributed by atoms with Crippen molar-refractivity contribution in [3.63, 3.8) is 0 Å². The second-order valence-corrected chi connectivity index (χ2v) is 3.07. The summed E-state index contributed by atoms with van der Waals surface area (Å²) in [5, 5.41) is 3.02. The lowest BCUT2D eigenvalue weighted by Crippen LogP contribution is -2.35. The van der Waals surface area contributed by atoms with Crippen LogP contribution in [0.2, 0.25) is 0 Å². The maximum atomic E-state index is 11.1. The van der Waals surface area contributed by atoms with Crippen molar-refractivity contribution < 1.29 is 9.59 Å².